The van der Waals surface area contributed by atoms with Gasteiger partial charge >= 0.3 is 0 Å². The van der Waals surface area contributed by atoms with Crippen LogP contribution in [0.1, 0.15) is 39.5 Å². The molecule has 5 heteroatoms. The van der Waals surface area contributed by atoms with Crippen LogP contribution < -0.4 is 5.73 Å². The first-order valence-corrected chi connectivity index (χ1v) is 7.03. The fraction of sp³-hybridized carbons (Fsp3) is 0.923. The molecule has 0 bridgehead atoms. The molecule has 0 radical (unpaired) electrons. The molecule has 1 aliphatic rings. The van der Waals surface area contributed by atoms with Gasteiger partial charge in [0.15, 0.2) is 0 Å². The van der Waals surface area contributed by atoms with Crippen LogP contribution in [-0.2, 0) is 0 Å². The van der Waals surface area contributed by atoms with E-state index in [1.807, 2.05) is 0 Å². The highest BCUT2D eigenvalue weighted by Gasteiger charge is 2.26. The fourth-order valence-corrected chi connectivity index (χ4v) is 2.80. The highest BCUT2D eigenvalue weighted by molar-refractivity contribution is 5.80. The summed E-state index contributed by atoms with van der Waals surface area (Å²) in [4.78, 5) is 4.92. The Morgan fingerprint density at radius 1 is 1.44 bits per heavy atom. The monoisotopic (exact) mass is 256 g/mol. The number of piperidine rings is 1. The molecule has 3 N–H and O–H groups in total. The molecule has 18 heavy (non-hydrogen) atoms. The number of hydrogen-bond donors (Lipinski definition) is 2. The van der Waals surface area contributed by atoms with Crippen molar-refractivity contribution in [2.45, 2.75) is 51.6 Å². The zero-order chi connectivity index (χ0) is 13.5. The fourth-order valence-electron chi connectivity index (χ4n) is 2.80. The molecule has 1 fully saturated rings. The Morgan fingerprint density at radius 3 is 2.50 bits per heavy atom. The Morgan fingerprint density at radius 2 is 2.06 bits per heavy atom. The quantitative estimate of drug-likeness (QED) is 0.325. The first-order chi connectivity index (χ1) is 8.62. The van der Waals surface area contributed by atoms with Gasteiger partial charge in [-0.3, -0.25) is 4.90 Å². The van der Waals surface area contributed by atoms with Gasteiger partial charge in [0.05, 0.1) is 0 Å². The molecule has 0 amide bonds. The first-order valence-electron chi connectivity index (χ1n) is 7.03. The second kappa shape index (κ2) is 7.59. The van der Waals surface area contributed by atoms with Crippen molar-refractivity contribution in [1.82, 2.24) is 9.80 Å². The lowest BCUT2D eigenvalue weighted by atomic mass is 9.99. The lowest BCUT2D eigenvalue weighted by Crippen LogP contribution is -2.47. The summed E-state index contributed by atoms with van der Waals surface area (Å²) in [5.41, 5.74) is 5.63. The molecule has 0 aromatic rings. The largest absolute Gasteiger partial charge is 0.409 e. The van der Waals surface area contributed by atoms with E-state index >= 15 is 0 Å². The summed E-state index contributed by atoms with van der Waals surface area (Å²) in [5.74, 6) is 0.333. The van der Waals surface area contributed by atoms with Crippen LogP contribution in [0.3, 0.4) is 0 Å². The third kappa shape index (κ3) is 4.14. The Hall–Kier alpha value is -0.810. The van der Waals surface area contributed by atoms with Gasteiger partial charge in [0.25, 0.3) is 0 Å². The summed E-state index contributed by atoms with van der Waals surface area (Å²) in [6.45, 7) is 7.90. The van der Waals surface area contributed by atoms with E-state index in [2.05, 4.69) is 35.9 Å². The van der Waals surface area contributed by atoms with Gasteiger partial charge in [-0.2, -0.15) is 0 Å². The third-order valence-corrected chi connectivity index (χ3v) is 4.20. The Bertz CT molecular complexity index is 262. The Kier molecular flexibility index (Phi) is 6.43. The highest BCUT2D eigenvalue weighted by Crippen LogP contribution is 2.19. The summed E-state index contributed by atoms with van der Waals surface area (Å²) in [5, 5.41) is 11.8. The normalized spacial score (nSPS) is 21.4. The van der Waals surface area contributed by atoms with Crippen LogP contribution in [0.5, 0.6) is 0 Å². The van der Waals surface area contributed by atoms with Crippen LogP contribution >= 0.6 is 0 Å². The summed E-state index contributed by atoms with van der Waals surface area (Å²) in [7, 11) is 2.17. The number of likely N-dealkylation sites (tertiary alicyclic amines) is 1. The number of hydrogen-bond acceptors (Lipinski definition) is 4. The third-order valence-electron chi connectivity index (χ3n) is 4.20. The van der Waals surface area contributed by atoms with Gasteiger partial charge in [-0.1, -0.05) is 19.0 Å². The molecule has 106 valence electrons. The predicted octanol–water partition coefficient (Wildman–Crippen LogP) is 1.32. The standard InChI is InChI=1S/C13H28N4O/c1-4-11(10-13(14)15-18)16(3)12-6-8-17(5-2)9-7-12/h11-12,18H,4-10H2,1-3H3,(H2,14,15). The molecule has 0 spiro atoms. The van der Waals surface area contributed by atoms with E-state index in [1.54, 1.807) is 0 Å². The molecule has 0 aliphatic carbocycles. The number of nitrogens with two attached hydrogens (primary N) is 1. The minimum Gasteiger partial charge on any atom is -0.409 e. The van der Waals surface area contributed by atoms with Crippen LogP contribution in [0.25, 0.3) is 0 Å². The maximum absolute atomic E-state index is 8.68. The van der Waals surface area contributed by atoms with E-state index in [0.29, 0.717) is 24.3 Å². The van der Waals surface area contributed by atoms with Gasteiger partial charge in [0, 0.05) is 18.5 Å². The lowest BCUT2D eigenvalue weighted by Gasteiger charge is -2.40. The van der Waals surface area contributed by atoms with Crippen LogP contribution in [-0.4, -0.2) is 59.6 Å². The van der Waals surface area contributed by atoms with E-state index in [-0.39, 0.29) is 0 Å². The minimum absolute atomic E-state index is 0.333. The van der Waals surface area contributed by atoms with Crippen LogP contribution in [0.15, 0.2) is 5.16 Å². The highest BCUT2D eigenvalue weighted by atomic mass is 16.4. The Labute approximate surface area is 111 Å². The number of nitrogens with zero attached hydrogens (tertiary/aromatic N) is 3. The van der Waals surface area contributed by atoms with Crippen LogP contribution in [0, 0.1) is 0 Å². The zero-order valence-corrected chi connectivity index (χ0v) is 12.0. The van der Waals surface area contributed by atoms with Crippen molar-refractivity contribution in [2.24, 2.45) is 10.9 Å². The van der Waals surface area contributed by atoms with Crippen molar-refractivity contribution in [1.29, 1.82) is 0 Å². The molecule has 0 saturated carbocycles. The molecule has 1 unspecified atom stereocenters. The van der Waals surface area contributed by atoms with E-state index < -0.39 is 0 Å². The number of oxime groups is 1. The van der Waals surface area contributed by atoms with Gasteiger partial charge in [-0.25, -0.2) is 0 Å². The summed E-state index contributed by atoms with van der Waals surface area (Å²) in [6, 6.07) is 1.00. The van der Waals surface area contributed by atoms with Crippen molar-refractivity contribution in [2.75, 3.05) is 26.7 Å². The molecule has 1 saturated heterocycles. The second-order valence-corrected chi connectivity index (χ2v) is 5.19. The van der Waals surface area contributed by atoms with Crippen molar-refractivity contribution < 1.29 is 5.21 Å². The first kappa shape index (κ1) is 15.2. The van der Waals surface area contributed by atoms with Crippen LogP contribution in [0.2, 0.25) is 0 Å². The molecule has 1 aliphatic heterocycles. The average Bonchev–Trinajstić information content (AvgIpc) is 2.43. The molecule has 0 aromatic heterocycles. The maximum Gasteiger partial charge on any atom is 0.140 e. The number of rotatable bonds is 6. The number of amidine groups is 1. The zero-order valence-electron chi connectivity index (χ0n) is 12.0. The summed E-state index contributed by atoms with van der Waals surface area (Å²) >= 11 is 0. The lowest BCUT2D eigenvalue weighted by molar-refractivity contribution is 0.0984. The van der Waals surface area contributed by atoms with E-state index in [4.69, 9.17) is 10.9 Å². The average molecular weight is 256 g/mol. The molecule has 5 nitrogen and oxygen atoms in total. The van der Waals surface area contributed by atoms with Crippen LogP contribution in [0.4, 0.5) is 0 Å². The second-order valence-electron chi connectivity index (χ2n) is 5.19. The molecule has 1 atom stereocenters. The minimum atomic E-state index is 0.333. The summed E-state index contributed by atoms with van der Waals surface area (Å²) in [6.07, 6.45) is 4.12. The van der Waals surface area contributed by atoms with Gasteiger partial charge in [0.1, 0.15) is 5.84 Å². The van der Waals surface area contributed by atoms with E-state index in [0.717, 1.165) is 13.0 Å². The molecule has 1 heterocycles. The van der Waals surface area contributed by atoms with Gasteiger partial charge in [0.2, 0.25) is 0 Å². The molecule has 1 rings (SSSR count). The van der Waals surface area contributed by atoms with Gasteiger partial charge < -0.3 is 15.8 Å². The SMILES string of the molecule is CCC(CC(N)=NO)N(C)C1CCN(CC)CC1. The Balaban J connectivity index is 2.49. The predicted molar refractivity (Wildman–Crippen MR) is 75.0 cm³/mol. The van der Waals surface area contributed by atoms with Crippen molar-refractivity contribution in [3.05, 3.63) is 0 Å². The van der Waals surface area contributed by atoms with Gasteiger partial charge in [-0.15, -0.1) is 0 Å². The summed E-state index contributed by atoms with van der Waals surface area (Å²) < 4.78 is 0. The van der Waals surface area contributed by atoms with Crippen molar-refractivity contribution in [3.63, 3.8) is 0 Å². The topological polar surface area (TPSA) is 65.1 Å². The van der Waals surface area contributed by atoms with Crippen molar-refractivity contribution in [3.8, 4) is 0 Å². The van der Waals surface area contributed by atoms with Crippen molar-refractivity contribution >= 4 is 5.84 Å². The molecule has 0 aromatic carbocycles. The van der Waals surface area contributed by atoms with E-state index in [1.165, 1.54) is 25.9 Å². The van der Waals surface area contributed by atoms with E-state index in [9.17, 15) is 0 Å². The van der Waals surface area contributed by atoms with Gasteiger partial charge in [-0.05, 0) is 45.9 Å². The smallest absolute Gasteiger partial charge is 0.140 e. The molecular formula is C13H28N4O. The maximum atomic E-state index is 8.68. The molecular weight excluding hydrogens is 228 g/mol.